The van der Waals surface area contributed by atoms with Gasteiger partial charge in [-0.15, -0.1) is 26.3 Å². The quantitative estimate of drug-likeness (QED) is 0.293. The van der Waals surface area contributed by atoms with Crippen LogP contribution < -0.4 is 0 Å². The molecule has 136 valence electrons. The number of hydrogen-bond donors (Lipinski definition) is 0. The van der Waals surface area contributed by atoms with E-state index in [2.05, 4.69) is 26.3 Å². The molecule has 0 aliphatic heterocycles. The van der Waals surface area contributed by atoms with Gasteiger partial charge in [-0.25, -0.2) is 0 Å². The van der Waals surface area contributed by atoms with Gasteiger partial charge in [0.15, 0.2) is 5.40 Å². The molecule has 24 heavy (non-hydrogen) atoms. The lowest BCUT2D eigenvalue weighted by molar-refractivity contribution is 0.215. The molecule has 0 bridgehead atoms. The lowest BCUT2D eigenvalue weighted by Gasteiger charge is -2.29. The molecule has 0 amide bonds. The van der Waals surface area contributed by atoms with Gasteiger partial charge in [0, 0.05) is 0 Å². The van der Waals surface area contributed by atoms with E-state index in [-0.39, 0.29) is 26.4 Å². The molecule has 0 rings (SSSR count). The Morgan fingerprint density at radius 1 is 0.750 bits per heavy atom. The molecule has 0 radical (unpaired) electrons. The van der Waals surface area contributed by atoms with E-state index in [9.17, 15) is 9.13 Å². The van der Waals surface area contributed by atoms with Gasteiger partial charge in [0.2, 0.25) is 0 Å². The van der Waals surface area contributed by atoms with Gasteiger partial charge < -0.3 is 18.1 Å². The highest BCUT2D eigenvalue weighted by Gasteiger charge is 2.49. The Balaban J connectivity index is 5.89. The average molecular weight is 376 g/mol. The minimum atomic E-state index is -3.89. The Kier molecular flexibility index (Phi) is 11.9. The molecule has 0 aliphatic rings. The first-order valence-electron chi connectivity index (χ1n) is 7.28. The molecule has 0 aromatic heterocycles. The second-order valence-corrected chi connectivity index (χ2v) is 9.07. The molecule has 6 nitrogen and oxygen atoms in total. The van der Waals surface area contributed by atoms with Gasteiger partial charge in [-0.1, -0.05) is 36.5 Å². The van der Waals surface area contributed by atoms with Crippen molar-refractivity contribution in [3.8, 4) is 0 Å². The second-order valence-electron chi connectivity index (χ2n) is 4.36. The van der Waals surface area contributed by atoms with Crippen molar-refractivity contribution in [3.63, 3.8) is 0 Å². The molecule has 0 heterocycles. The van der Waals surface area contributed by atoms with E-state index in [1.54, 1.807) is 13.0 Å². The molecule has 0 aliphatic carbocycles. The molecular formula is C16H26O6P2. The Morgan fingerprint density at radius 2 is 1.04 bits per heavy atom. The van der Waals surface area contributed by atoms with Crippen molar-refractivity contribution in [2.24, 2.45) is 0 Å². The minimum Gasteiger partial charge on any atom is -0.304 e. The Labute approximate surface area is 144 Å². The fourth-order valence-electron chi connectivity index (χ4n) is 1.56. The van der Waals surface area contributed by atoms with Gasteiger partial charge in [0.05, 0.1) is 26.4 Å². The highest BCUT2D eigenvalue weighted by Crippen LogP contribution is 2.70. The van der Waals surface area contributed by atoms with Crippen LogP contribution in [-0.4, -0.2) is 31.8 Å². The number of allylic oxidation sites excluding steroid dienone is 2. The minimum absolute atomic E-state index is 0.0502. The van der Waals surface area contributed by atoms with Crippen LogP contribution >= 0.6 is 15.2 Å². The zero-order valence-electron chi connectivity index (χ0n) is 14.0. The second kappa shape index (κ2) is 12.4. The smallest absolute Gasteiger partial charge is 0.304 e. The summed E-state index contributed by atoms with van der Waals surface area (Å²) in [6.07, 6.45) is 8.66. The first kappa shape index (κ1) is 23.0. The standard InChI is InChI=1S/C16H26O6P2/c1-6-11-16(23(17,19-12-7-2)20-13-8-3)24(18,21-14-9-4)22-15-10-5/h6-11,16H,2-5,12-15H2,1H3. The van der Waals surface area contributed by atoms with Crippen LogP contribution in [0, 0.1) is 0 Å². The lowest BCUT2D eigenvalue weighted by Crippen LogP contribution is -2.16. The van der Waals surface area contributed by atoms with Crippen LogP contribution in [0.25, 0.3) is 0 Å². The van der Waals surface area contributed by atoms with Crippen LogP contribution in [0.15, 0.2) is 62.8 Å². The van der Waals surface area contributed by atoms with E-state index in [0.29, 0.717) is 0 Å². The third-order valence-electron chi connectivity index (χ3n) is 2.50. The largest absolute Gasteiger partial charge is 0.350 e. The fourth-order valence-corrected chi connectivity index (χ4v) is 6.53. The molecule has 8 heteroatoms. The highest BCUT2D eigenvalue weighted by atomic mass is 31.2. The highest BCUT2D eigenvalue weighted by molar-refractivity contribution is 7.73. The van der Waals surface area contributed by atoms with E-state index in [4.69, 9.17) is 18.1 Å². The summed E-state index contributed by atoms with van der Waals surface area (Å²) in [5, 5.41) is -1.24. The summed E-state index contributed by atoms with van der Waals surface area (Å²) in [5.41, 5.74) is 0. The number of hydrogen-bond acceptors (Lipinski definition) is 6. The van der Waals surface area contributed by atoms with Crippen LogP contribution in [-0.2, 0) is 27.2 Å². The molecule has 0 spiro atoms. The topological polar surface area (TPSA) is 71.1 Å². The molecule has 0 saturated carbocycles. The Hall–Kier alpha value is -1.00. The Morgan fingerprint density at radius 3 is 1.25 bits per heavy atom. The van der Waals surface area contributed by atoms with Gasteiger partial charge in [-0.2, -0.15) is 0 Å². The van der Waals surface area contributed by atoms with E-state index >= 15 is 0 Å². The van der Waals surface area contributed by atoms with E-state index in [1.807, 2.05) is 0 Å². The van der Waals surface area contributed by atoms with Crippen LogP contribution in [0.2, 0.25) is 0 Å². The maximum absolute atomic E-state index is 13.2. The van der Waals surface area contributed by atoms with E-state index < -0.39 is 20.6 Å². The summed E-state index contributed by atoms with van der Waals surface area (Å²) in [5.74, 6) is 0. The van der Waals surface area contributed by atoms with Crippen molar-refractivity contribution in [2.45, 2.75) is 12.3 Å². The Bertz CT molecular complexity index is 467. The molecule has 0 unspecified atom stereocenters. The monoisotopic (exact) mass is 376 g/mol. The number of rotatable bonds is 15. The summed E-state index contributed by atoms with van der Waals surface area (Å²) < 4.78 is 47.8. The van der Waals surface area contributed by atoms with Crippen molar-refractivity contribution in [1.29, 1.82) is 0 Å². The van der Waals surface area contributed by atoms with Crippen molar-refractivity contribution in [3.05, 3.63) is 62.8 Å². The molecule has 0 aromatic carbocycles. The first-order valence-corrected chi connectivity index (χ1v) is 10.5. The van der Waals surface area contributed by atoms with Crippen molar-refractivity contribution in [1.82, 2.24) is 0 Å². The third-order valence-corrected chi connectivity index (χ3v) is 7.88. The van der Waals surface area contributed by atoms with Gasteiger partial charge in [-0.3, -0.25) is 9.13 Å². The lowest BCUT2D eigenvalue weighted by atomic mass is 10.6. The summed E-state index contributed by atoms with van der Waals surface area (Å²) in [4.78, 5) is 0. The van der Waals surface area contributed by atoms with Gasteiger partial charge >= 0.3 is 15.2 Å². The molecular weight excluding hydrogens is 350 g/mol. The predicted octanol–water partition coefficient (Wildman–Crippen LogP) is 5.09. The maximum atomic E-state index is 13.2. The summed E-state index contributed by atoms with van der Waals surface area (Å²) in [6, 6.07) is 0. The van der Waals surface area contributed by atoms with Crippen LogP contribution in [0.1, 0.15) is 6.92 Å². The van der Waals surface area contributed by atoms with Gasteiger partial charge in [-0.05, 0) is 6.92 Å². The average Bonchev–Trinajstić information content (AvgIpc) is 2.59. The van der Waals surface area contributed by atoms with Crippen molar-refractivity contribution in [2.75, 3.05) is 26.4 Å². The van der Waals surface area contributed by atoms with E-state index in [0.717, 1.165) is 0 Å². The first-order chi connectivity index (χ1) is 11.4. The zero-order valence-corrected chi connectivity index (χ0v) is 15.8. The summed E-state index contributed by atoms with van der Waals surface area (Å²) in [7, 11) is -7.78. The predicted molar refractivity (Wildman–Crippen MR) is 98.4 cm³/mol. The van der Waals surface area contributed by atoms with E-state index in [1.165, 1.54) is 30.4 Å². The van der Waals surface area contributed by atoms with Crippen LogP contribution in [0.5, 0.6) is 0 Å². The molecule has 0 atom stereocenters. The molecule has 0 saturated heterocycles. The van der Waals surface area contributed by atoms with Gasteiger partial charge in [0.25, 0.3) is 0 Å². The van der Waals surface area contributed by atoms with Crippen molar-refractivity contribution >= 4 is 15.2 Å². The molecule has 0 fully saturated rings. The van der Waals surface area contributed by atoms with Crippen molar-refractivity contribution < 1.29 is 27.2 Å². The maximum Gasteiger partial charge on any atom is 0.350 e. The van der Waals surface area contributed by atoms with Crippen LogP contribution in [0.3, 0.4) is 0 Å². The molecule has 0 N–H and O–H groups in total. The van der Waals surface area contributed by atoms with Crippen LogP contribution in [0.4, 0.5) is 0 Å². The summed E-state index contributed by atoms with van der Waals surface area (Å²) in [6.45, 7) is 15.5. The van der Waals surface area contributed by atoms with Gasteiger partial charge in [0.1, 0.15) is 0 Å². The normalized spacial score (nSPS) is 12.4. The summed E-state index contributed by atoms with van der Waals surface area (Å²) >= 11 is 0. The molecule has 0 aromatic rings. The SMILES string of the molecule is C=CCOP(=O)(OCC=C)C(C=CC)P(=O)(OCC=C)OCC=C. The zero-order chi connectivity index (χ0) is 18.5. The fraction of sp³-hybridized carbons (Fsp3) is 0.375. The third kappa shape index (κ3) is 7.27.